The normalized spacial score (nSPS) is 12.5. The first-order valence-electron chi connectivity index (χ1n) is 6.59. The first-order chi connectivity index (χ1) is 9.65. The lowest BCUT2D eigenvalue weighted by molar-refractivity contribution is 0.144. The van der Waals surface area contributed by atoms with Gasteiger partial charge in [-0.3, -0.25) is 0 Å². The average molecular weight is 276 g/mol. The highest BCUT2D eigenvalue weighted by Crippen LogP contribution is 2.25. The molecule has 0 saturated heterocycles. The second kappa shape index (κ2) is 6.33. The van der Waals surface area contributed by atoms with Gasteiger partial charge in [-0.15, -0.1) is 5.10 Å². The molecule has 0 amide bonds. The van der Waals surface area contributed by atoms with Crippen molar-refractivity contribution in [1.29, 1.82) is 0 Å². The summed E-state index contributed by atoms with van der Waals surface area (Å²) in [5.74, 6) is 0.652. The minimum atomic E-state index is 0.0951. The Kier molecular flexibility index (Phi) is 4.52. The van der Waals surface area contributed by atoms with Crippen LogP contribution in [0.1, 0.15) is 25.8 Å². The number of anilines is 2. The largest absolute Gasteiger partial charge is 0.399 e. The molecular weight excluding hydrogens is 256 g/mol. The standard InChI is InChI=1S/C13H20N6O/c1-3-4-12(8-20-2)19-13(16-17-18-19)9-5-10(14)7-11(15)6-9/h5-7,12H,3-4,8,14-15H2,1-2H3. The lowest BCUT2D eigenvalue weighted by atomic mass is 10.1. The van der Waals surface area contributed by atoms with E-state index in [9.17, 15) is 0 Å². The number of hydrogen-bond acceptors (Lipinski definition) is 6. The maximum absolute atomic E-state index is 5.83. The molecule has 7 heteroatoms. The van der Waals surface area contributed by atoms with Gasteiger partial charge in [-0.1, -0.05) is 13.3 Å². The van der Waals surface area contributed by atoms with Crippen molar-refractivity contribution in [2.24, 2.45) is 0 Å². The molecule has 0 aliphatic rings. The number of methoxy groups -OCH3 is 1. The van der Waals surface area contributed by atoms with Gasteiger partial charge in [0.2, 0.25) is 0 Å². The zero-order valence-electron chi connectivity index (χ0n) is 11.8. The molecule has 0 radical (unpaired) electrons. The fourth-order valence-electron chi connectivity index (χ4n) is 2.24. The van der Waals surface area contributed by atoms with E-state index in [0.29, 0.717) is 23.8 Å². The molecule has 0 bridgehead atoms. The number of ether oxygens (including phenoxy) is 1. The van der Waals surface area contributed by atoms with Crippen LogP contribution in [0.25, 0.3) is 11.4 Å². The first kappa shape index (κ1) is 14.3. The van der Waals surface area contributed by atoms with Crippen LogP contribution in [-0.4, -0.2) is 33.9 Å². The average Bonchev–Trinajstić information content (AvgIpc) is 2.86. The molecule has 0 saturated carbocycles. The fourth-order valence-corrected chi connectivity index (χ4v) is 2.24. The summed E-state index contributed by atoms with van der Waals surface area (Å²) in [4.78, 5) is 0. The summed E-state index contributed by atoms with van der Waals surface area (Å²) in [6, 6.07) is 5.43. The number of rotatable bonds is 6. The molecule has 4 N–H and O–H groups in total. The van der Waals surface area contributed by atoms with Gasteiger partial charge >= 0.3 is 0 Å². The van der Waals surface area contributed by atoms with Gasteiger partial charge in [0.15, 0.2) is 5.82 Å². The van der Waals surface area contributed by atoms with Crippen molar-refractivity contribution in [3.05, 3.63) is 18.2 Å². The van der Waals surface area contributed by atoms with E-state index < -0.39 is 0 Å². The fraction of sp³-hybridized carbons (Fsp3) is 0.462. The molecule has 0 fully saturated rings. The molecule has 1 aromatic heterocycles. The predicted octanol–water partition coefficient (Wildman–Crippen LogP) is 1.49. The van der Waals surface area contributed by atoms with Gasteiger partial charge < -0.3 is 16.2 Å². The van der Waals surface area contributed by atoms with E-state index in [0.717, 1.165) is 18.4 Å². The van der Waals surface area contributed by atoms with Crippen molar-refractivity contribution < 1.29 is 4.74 Å². The predicted molar refractivity (Wildman–Crippen MR) is 77.9 cm³/mol. The molecule has 0 aliphatic heterocycles. The van der Waals surface area contributed by atoms with Crippen LogP contribution in [0.2, 0.25) is 0 Å². The molecule has 0 aliphatic carbocycles. The van der Waals surface area contributed by atoms with Crippen LogP contribution in [0.15, 0.2) is 18.2 Å². The van der Waals surface area contributed by atoms with E-state index in [1.807, 2.05) is 12.1 Å². The summed E-state index contributed by atoms with van der Waals surface area (Å²) in [5.41, 5.74) is 13.6. The quantitative estimate of drug-likeness (QED) is 0.774. The smallest absolute Gasteiger partial charge is 0.182 e. The van der Waals surface area contributed by atoms with Gasteiger partial charge in [-0.2, -0.15) is 0 Å². The maximum atomic E-state index is 5.83. The van der Waals surface area contributed by atoms with E-state index in [-0.39, 0.29) is 6.04 Å². The van der Waals surface area contributed by atoms with Gasteiger partial charge in [-0.25, -0.2) is 4.68 Å². The monoisotopic (exact) mass is 276 g/mol. The highest BCUT2D eigenvalue weighted by Gasteiger charge is 2.18. The SMILES string of the molecule is CCCC(COC)n1nnnc1-c1cc(N)cc(N)c1. The topological polar surface area (TPSA) is 105 Å². The van der Waals surface area contributed by atoms with Crippen LogP contribution in [0.5, 0.6) is 0 Å². The van der Waals surface area contributed by atoms with Gasteiger partial charge in [0.05, 0.1) is 12.6 Å². The Hall–Kier alpha value is -2.15. The third-order valence-electron chi connectivity index (χ3n) is 3.06. The molecule has 2 aromatic rings. The number of tetrazole rings is 1. The van der Waals surface area contributed by atoms with Crippen LogP contribution in [-0.2, 0) is 4.74 Å². The minimum Gasteiger partial charge on any atom is -0.399 e. The van der Waals surface area contributed by atoms with Gasteiger partial charge in [0, 0.05) is 24.0 Å². The van der Waals surface area contributed by atoms with Crippen molar-refractivity contribution in [3.63, 3.8) is 0 Å². The lowest BCUT2D eigenvalue weighted by Crippen LogP contribution is -2.17. The van der Waals surface area contributed by atoms with E-state index >= 15 is 0 Å². The zero-order valence-corrected chi connectivity index (χ0v) is 11.8. The van der Waals surface area contributed by atoms with Crippen LogP contribution >= 0.6 is 0 Å². The highest BCUT2D eigenvalue weighted by molar-refractivity contribution is 5.67. The first-order valence-corrected chi connectivity index (χ1v) is 6.59. The highest BCUT2D eigenvalue weighted by atomic mass is 16.5. The van der Waals surface area contributed by atoms with Crippen LogP contribution in [0.3, 0.4) is 0 Å². The van der Waals surface area contributed by atoms with Crippen molar-refractivity contribution >= 4 is 11.4 Å². The molecule has 7 nitrogen and oxygen atoms in total. The van der Waals surface area contributed by atoms with Crippen molar-refractivity contribution in [2.45, 2.75) is 25.8 Å². The zero-order chi connectivity index (χ0) is 14.5. The minimum absolute atomic E-state index is 0.0951. The van der Waals surface area contributed by atoms with Crippen LogP contribution in [0, 0.1) is 0 Å². The second-order valence-electron chi connectivity index (χ2n) is 4.73. The van der Waals surface area contributed by atoms with Gasteiger partial charge in [-0.05, 0) is 35.0 Å². The summed E-state index contributed by atoms with van der Waals surface area (Å²) in [7, 11) is 1.67. The van der Waals surface area contributed by atoms with E-state index in [4.69, 9.17) is 16.2 Å². The lowest BCUT2D eigenvalue weighted by Gasteiger charge is -2.16. The Morgan fingerprint density at radius 3 is 2.55 bits per heavy atom. The Morgan fingerprint density at radius 2 is 1.95 bits per heavy atom. The molecule has 108 valence electrons. The Bertz CT molecular complexity index is 541. The molecule has 1 atom stereocenters. The maximum Gasteiger partial charge on any atom is 0.182 e. The Labute approximate surface area is 117 Å². The number of nitrogens with two attached hydrogens (primary N) is 2. The summed E-state index contributed by atoms with van der Waals surface area (Å²) >= 11 is 0. The molecule has 1 aromatic carbocycles. The summed E-state index contributed by atoms with van der Waals surface area (Å²) in [5, 5.41) is 11.9. The molecule has 1 unspecified atom stereocenters. The molecule has 20 heavy (non-hydrogen) atoms. The second-order valence-corrected chi connectivity index (χ2v) is 4.73. The Morgan fingerprint density at radius 1 is 1.25 bits per heavy atom. The van der Waals surface area contributed by atoms with Crippen molar-refractivity contribution in [3.8, 4) is 11.4 Å². The van der Waals surface area contributed by atoms with Crippen LogP contribution in [0.4, 0.5) is 11.4 Å². The molecule has 2 rings (SSSR count). The third-order valence-corrected chi connectivity index (χ3v) is 3.06. The number of hydrogen-bond donors (Lipinski definition) is 2. The van der Waals surface area contributed by atoms with Gasteiger partial charge in [0.25, 0.3) is 0 Å². The number of nitrogens with zero attached hydrogens (tertiary/aromatic N) is 4. The van der Waals surface area contributed by atoms with Crippen molar-refractivity contribution in [1.82, 2.24) is 20.2 Å². The van der Waals surface area contributed by atoms with E-state index in [2.05, 4.69) is 22.4 Å². The molecule has 0 spiro atoms. The number of aromatic nitrogens is 4. The number of benzene rings is 1. The van der Waals surface area contributed by atoms with E-state index in [1.165, 1.54) is 0 Å². The Balaban J connectivity index is 2.40. The summed E-state index contributed by atoms with van der Waals surface area (Å²) in [6.45, 7) is 2.68. The van der Waals surface area contributed by atoms with Gasteiger partial charge in [0.1, 0.15) is 0 Å². The molecule has 1 heterocycles. The summed E-state index contributed by atoms with van der Waals surface area (Å²) in [6.07, 6.45) is 1.95. The van der Waals surface area contributed by atoms with Crippen LogP contribution < -0.4 is 11.5 Å². The summed E-state index contributed by atoms with van der Waals surface area (Å²) < 4.78 is 7.03. The third kappa shape index (κ3) is 3.05. The van der Waals surface area contributed by atoms with E-state index in [1.54, 1.807) is 17.9 Å². The van der Waals surface area contributed by atoms with Crippen molar-refractivity contribution in [2.75, 3.05) is 25.2 Å². The number of nitrogen functional groups attached to an aromatic ring is 2. The molecular formula is C13H20N6O.